The third-order valence-corrected chi connectivity index (χ3v) is 12.9. The average molecular weight is 1340 g/mol. The van der Waals surface area contributed by atoms with Crippen molar-refractivity contribution in [1.29, 1.82) is 0 Å². The Balaban J connectivity index is 0.000000549. The summed E-state index contributed by atoms with van der Waals surface area (Å²) in [6.07, 6.45) is 14.0. The van der Waals surface area contributed by atoms with E-state index in [0.717, 1.165) is 176 Å². The first kappa shape index (κ1) is 87.1. The number of nitrogens with zero attached hydrogens (tertiary/aromatic N) is 16. The normalized spacial score (nSPS) is 11.0. The van der Waals surface area contributed by atoms with Gasteiger partial charge in [0.1, 0.15) is 18.0 Å². The number of rotatable bonds is 35. The molecule has 8 heterocycles. The van der Waals surface area contributed by atoms with Crippen LogP contribution in [0, 0.1) is 54.3 Å². The van der Waals surface area contributed by atoms with Gasteiger partial charge in [0.2, 0.25) is 0 Å². The van der Waals surface area contributed by atoms with Crippen molar-refractivity contribution >= 4 is 0 Å². The summed E-state index contributed by atoms with van der Waals surface area (Å²) in [6.45, 7) is 58.2. The molecule has 96 heavy (non-hydrogen) atoms. The second-order valence-electron chi connectivity index (χ2n) is 27.0. The van der Waals surface area contributed by atoms with Gasteiger partial charge in [-0.2, -0.15) is 51.2 Å². The van der Waals surface area contributed by atoms with Crippen molar-refractivity contribution in [3.05, 3.63) is 119 Å². The lowest BCUT2D eigenvalue weighted by molar-refractivity contribution is 0.542. The van der Waals surface area contributed by atoms with Crippen molar-refractivity contribution in [2.45, 2.75) is 197 Å². The Morgan fingerprint density at radius 1 is 0.448 bits per heavy atom. The van der Waals surface area contributed by atoms with Crippen LogP contribution in [-0.2, 0) is 79.4 Å². The number of aromatic nitrogens is 20. The van der Waals surface area contributed by atoms with Crippen molar-refractivity contribution < 1.29 is 0 Å². The molecule has 0 amide bonds. The van der Waals surface area contributed by atoms with Gasteiger partial charge in [-0.05, 0) is 145 Å². The zero-order chi connectivity index (χ0) is 71.3. The summed E-state index contributed by atoms with van der Waals surface area (Å²) in [6, 6.07) is 8.32. The molecular formula is C68H132N28. The molecule has 0 aliphatic carbocycles. The second kappa shape index (κ2) is 55.1. The van der Waals surface area contributed by atoms with Crippen LogP contribution in [0.15, 0.2) is 67.8 Å². The summed E-state index contributed by atoms with van der Waals surface area (Å²) in [4.78, 5) is 8.16. The van der Waals surface area contributed by atoms with Crippen LogP contribution in [0.3, 0.4) is 0 Å². The fourth-order valence-electron chi connectivity index (χ4n) is 7.93. The van der Waals surface area contributed by atoms with Crippen molar-refractivity contribution in [3.63, 3.8) is 0 Å². The summed E-state index contributed by atoms with van der Waals surface area (Å²) < 4.78 is 7.76. The van der Waals surface area contributed by atoms with E-state index in [-0.39, 0.29) is 0 Å². The summed E-state index contributed by atoms with van der Waals surface area (Å²) in [5.41, 5.74) is 6.58. The molecule has 8 aromatic rings. The smallest absolute Gasteiger partial charge is 0.164 e. The molecule has 0 radical (unpaired) electrons. The van der Waals surface area contributed by atoms with Crippen molar-refractivity contribution in [2.75, 3.05) is 58.9 Å². The van der Waals surface area contributed by atoms with Gasteiger partial charge < -0.3 is 47.1 Å². The molecule has 12 N–H and O–H groups in total. The first-order valence-corrected chi connectivity index (χ1v) is 34.9. The monoisotopic (exact) mass is 1340 g/mol. The van der Waals surface area contributed by atoms with Crippen molar-refractivity contribution in [3.8, 4) is 0 Å². The Morgan fingerprint density at radius 2 is 0.917 bits per heavy atom. The van der Waals surface area contributed by atoms with Crippen molar-refractivity contribution in [1.82, 2.24) is 143 Å². The van der Waals surface area contributed by atoms with E-state index in [1.807, 2.05) is 52.7 Å². The zero-order valence-corrected chi connectivity index (χ0v) is 63.1. The van der Waals surface area contributed by atoms with Crippen LogP contribution >= 0.6 is 0 Å². The first-order valence-electron chi connectivity index (χ1n) is 34.9. The number of hydrogen-bond donors (Lipinski definition) is 12. The molecule has 28 nitrogen and oxygen atoms in total. The van der Waals surface area contributed by atoms with Crippen LogP contribution in [0.1, 0.15) is 176 Å². The maximum Gasteiger partial charge on any atom is 0.164 e. The van der Waals surface area contributed by atoms with E-state index in [0.29, 0.717) is 41.4 Å². The van der Waals surface area contributed by atoms with Gasteiger partial charge in [-0.3, -0.25) is 24.2 Å². The molecule has 0 spiro atoms. The highest BCUT2D eigenvalue weighted by Gasteiger charge is 2.04. The number of aromatic amines is 4. The van der Waals surface area contributed by atoms with E-state index in [9.17, 15) is 0 Å². The van der Waals surface area contributed by atoms with Gasteiger partial charge in [0, 0.05) is 103 Å². The number of aryl methyl sites for hydroxylation is 5. The minimum absolute atomic E-state index is 0.671. The minimum atomic E-state index is 0.671. The topological polar surface area (TPSA) is 334 Å². The standard InChI is InChI=1S/C10H19N3.C10H18N2.C9H18N4.C9H17N3.2C8H16N4.2C7H14N4/c1-4-13-6-5-10(12-13)8-11-7-9(2)3;1-9(2)7-11-8-10-5-4-6-12(10)3;1-4-13-7-9(11-12-13)6-10-5-8(2)3;1-8(2)6-10-7-9-4-5-12(3)11-9;1-6(2)4-9-5-8-10-7(3)11-12-8;1-7(2)5-9-4-3-8-6-10-12-11-8;1-6(2)3-8-4-7-9-5-10-11-7;1-6(2)3-8-4-7-5-9-11-10-7/h5-6,9,11H,4,7-8H2,1-3H3;4-6,9,11H,7-8H2,1-3H3;7-8,10H,4-6H2,1-3H3;4-5,8,10H,6-7H2,1-3H3;6,9H,4-5H2,1-3H3,(H,10,11,12);6-7,9H,3-5H2,1-2H3,(H,10,11,12);2*5-6,8H,3-4H2,1-2H3,(H,9,10,11). The molecule has 0 saturated carbocycles. The van der Waals surface area contributed by atoms with Gasteiger partial charge >= 0.3 is 0 Å². The van der Waals surface area contributed by atoms with E-state index in [2.05, 4.69) is 285 Å². The SMILES string of the molecule is CC(C)CNCCc1cn[nH]n1.CC(C)CNCc1cccn1C.CC(C)CNCc1ccn(C)n1.CC(C)CNCc1cn[nH]n1.CC(C)CNCc1ncn[nH]1.CCn1cc(CNCC(C)C)nn1.CCn1ccc(CNCC(C)C)n1.Cc1nc(CNCC(C)C)n[nH]1. The van der Waals surface area contributed by atoms with Gasteiger partial charge in [-0.25, -0.2) is 9.97 Å². The molecule has 8 rings (SSSR count). The van der Waals surface area contributed by atoms with Crippen LogP contribution in [-0.4, -0.2) is 159 Å². The van der Waals surface area contributed by atoms with Crippen LogP contribution in [0.25, 0.3) is 0 Å². The number of nitrogens with one attached hydrogen (secondary N) is 12. The maximum atomic E-state index is 4.38. The maximum absolute atomic E-state index is 4.38. The van der Waals surface area contributed by atoms with Crippen LogP contribution in [0.5, 0.6) is 0 Å². The molecule has 0 fully saturated rings. The fraction of sp³-hybridized carbons (Fsp3) is 0.706. The molecular weight excluding hydrogens is 1210 g/mol. The third-order valence-electron chi connectivity index (χ3n) is 12.9. The highest BCUT2D eigenvalue weighted by atomic mass is 15.4. The predicted octanol–water partition coefficient (Wildman–Crippen LogP) is 8.18. The van der Waals surface area contributed by atoms with E-state index in [1.54, 1.807) is 12.4 Å². The highest BCUT2D eigenvalue weighted by Crippen LogP contribution is 2.01. The zero-order valence-electron chi connectivity index (χ0n) is 63.1. The van der Waals surface area contributed by atoms with E-state index >= 15 is 0 Å². The Hall–Kier alpha value is -6.92. The van der Waals surface area contributed by atoms with E-state index in [4.69, 9.17) is 0 Å². The molecule has 0 atom stereocenters. The molecule has 0 aliphatic heterocycles. The first-order chi connectivity index (χ1) is 45.9. The summed E-state index contributed by atoms with van der Waals surface area (Å²) in [5.74, 6) is 8.16. The molecule has 0 aliphatic rings. The highest BCUT2D eigenvalue weighted by molar-refractivity contribution is 5.06. The van der Waals surface area contributed by atoms with Crippen LogP contribution in [0.2, 0.25) is 0 Å². The molecule has 544 valence electrons. The van der Waals surface area contributed by atoms with Gasteiger partial charge in [0.05, 0.1) is 54.0 Å². The average Bonchev–Trinajstić information content (AvgIpc) is 4.00. The molecule has 0 unspecified atom stereocenters. The quantitative estimate of drug-likeness (QED) is 0.0167. The van der Waals surface area contributed by atoms with Crippen LogP contribution in [0.4, 0.5) is 0 Å². The second-order valence-corrected chi connectivity index (χ2v) is 27.0. The van der Waals surface area contributed by atoms with E-state index in [1.165, 1.54) is 12.0 Å². The summed E-state index contributed by atoms with van der Waals surface area (Å²) in [7, 11) is 4.01. The lowest BCUT2D eigenvalue weighted by atomic mass is 10.2. The summed E-state index contributed by atoms with van der Waals surface area (Å²) in [5, 5.41) is 77.0. The number of hydrogen-bond acceptors (Lipinski definition) is 20. The molecule has 0 aromatic carbocycles. The number of H-pyrrole nitrogens is 4. The lowest BCUT2D eigenvalue weighted by Crippen LogP contribution is -2.22. The Morgan fingerprint density at radius 3 is 1.33 bits per heavy atom. The predicted molar refractivity (Wildman–Crippen MR) is 390 cm³/mol. The third kappa shape index (κ3) is 50.5. The van der Waals surface area contributed by atoms with E-state index < -0.39 is 0 Å². The van der Waals surface area contributed by atoms with Gasteiger partial charge in [-0.15, -0.1) is 5.10 Å². The Bertz CT molecular complexity index is 2740. The fourth-order valence-corrected chi connectivity index (χ4v) is 7.93. The lowest BCUT2D eigenvalue weighted by Gasteiger charge is -2.07. The molecule has 0 saturated heterocycles. The largest absolute Gasteiger partial charge is 0.353 e. The van der Waals surface area contributed by atoms with Gasteiger partial charge in [-0.1, -0.05) is 116 Å². The van der Waals surface area contributed by atoms with Crippen molar-refractivity contribution in [2.24, 2.45) is 61.4 Å². The molecule has 28 heteroatoms. The molecule has 0 bridgehead atoms. The minimum Gasteiger partial charge on any atom is -0.353 e. The molecule has 8 aromatic heterocycles. The van der Waals surface area contributed by atoms with Crippen LogP contribution < -0.4 is 42.5 Å². The van der Waals surface area contributed by atoms with Gasteiger partial charge in [0.15, 0.2) is 5.82 Å². The Labute approximate surface area is 577 Å². The Kier molecular flexibility index (Phi) is 50.0. The van der Waals surface area contributed by atoms with Gasteiger partial charge in [0.25, 0.3) is 0 Å². The summed E-state index contributed by atoms with van der Waals surface area (Å²) >= 11 is 0.